The first-order valence-electron chi connectivity index (χ1n) is 8.55. The summed E-state index contributed by atoms with van der Waals surface area (Å²) in [6, 6.07) is 14.3. The molecule has 6 nitrogen and oxygen atoms in total. The van der Waals surface area contributed by atoms with Gasteiger partial charge in [-0.1, -0.05) is 53.7 Å². The Morgan fingerprint density at radius 3 is 2.83 bits per heavy atom. The minimum Gasteiger partial charge on any atom is -0.451 e. The number of rotatable bonds is 5. The topological polar surface area (TPSA) is 85.1 Å². The molecule has 29 heavy (non-hydrogen) atoms. The Morgan fingerprint density at radius 1 is 1.24 bits per heavy atom. The van der Waals surface area contributed by atoms with Crippen molar-refractivity contribution in [2.75, 3.05) is 5.32 Å². The van der Waals surface area contributed by atoms with Gasteiger partial charge in [-0.25, -0.2) is 0 Å². The summed E-state index contributed by atoms with van der Waals surface area (Å²) in [4.78, 5) is 29.1. The molecule has 4 rings (SSSR count). The summed E-state index contributed by atoms with van der Waals surface area (Å²) < 4.78 is 9.84. The van der Waals surface area contributed by atoms with Crippen molar-refractivity contribution in [2.24, 2.45) is 0 Å². The van der Waals surface area contributed by atoms with E-state index in [1.807, 2.05) is 30.3 Å². The number of thioether (sulfide) groups is 1. The van der Waals surface area contributed by atoms with Crippen molar-refractivity contribution in [1.82, 2.24) is 9.36 Å². The van der Waals surface area contributed by atoms with Crippen molar-refractivity contribution in [3.63, 3.8) is 0 Å². The lowest BCUT2D eigenvalue weighted by molar-refractivity contribution is 0.0997. The number of nitrogens with zero attached hydrogens (tertiary/aromatic N) is 2. The molecule has 146 valence electrons. The Hall–Kier alpha value is -2.68. The van der Waals surface area contributed by atoms with Crippen LogP contribution in [0, 0.1) is 6.92 Å². The molecular formula is C20H14ClN3O3S2. The number of carbonyl (C=O) groups is 1. The summed E-state index contributed by atoms with van der Waals surface area (Å²) in [5.41, 5.74) is 1.88. The number of fused-ring (bicyclic) bond motifs is 1. The molecule has 0 saturated heterocycles. The number of nitrogens with one attached hydrogen (secondary N) is 1. The van der Waals surface area contributed by atoms with Crippen molar-refractivity contribution >= 4 is 56.9 Å². The van der Waals surface area contributed by atoms with Gasteiger partial charge in [0.2, 0.25) is 10.3 Å². The minimum atomic E-state index is -0.563. The van der Waals surface area contributed by atoms with Crippen LogP contribution in [0.25, 0.3) is 11.0 Å². The molecule has 0 aliphatic carbocycles. The monoisotopic (exact) mass is 443 g/mol. The van der Waals surface area contributed by atoms with E-state index in [9.17, 15) is 9.59 Å². The number of amides is 1. The van der Waals surface area contributed by atoms with Crippen LogP contribution in [0.2, 0.25) is 5.02 Å². The maximum absolute atomic E-state index is 12.5. The number of aromatic nitrogens is 2. The van der Waals surface area contributed by atoms with Crippen LogP contribution in [0.3, 0.4) is 0 Å². The Balaban J connectivity index is 1.49. The highest BCUT2D eigenvalue weighted by Gasteiger charge is 2.16. The Bertz CT molecular complexity index is 1260. The quantitative estimate of drug-likeness (QED) is 0.429. The first kappa shape index (κ1) is 19.6. The summed E-state index contributed by atoms with van der Waals surface area (Å²) in [6.07, 6.45) is 0. The normalized spacial score (nSPS) is 11.0. The number of carbonyl (C=O) groups excluding carboxylic acids is 1. The van der Waals surface area contributed by atoms with Crippen molar-refractivity contribution in [1.29, 1.82) is 0 Å². The number of benzene rings is 2. The second-order valence-electron chi connectivity index (χ2n) is 6.18. The lowest BCUT2D eigenvalue weighted by atomic mass is 10.1. The summed E-state index contributed by atoms with van der Waals surface area (Å²) in [6.45, 7) is 1.80. The van der Waals surface area contributed by atoms with Crippen molar-refractivity contribution in [3.05, 3.63) is 80.7 Å². The molecule has 0 radical (unpaired) electrons. The fourth-order valence-electron chi connectivity index (χ4n) is 2.59. The molecular weight excluding hydrogens is 430 g/mol. The summed E-state index contributed by atoms with van der Waals surface area (Å²) in [7, 11) is 0. The number of aryl methyl sites for hydroxylation is 1. The standard InChI is InChI=1S/C20H14ClN3O3S2/c1-11-7-16-13(8-14(11)21)15(25)9-17(27-16)18(26)22-19-23-20(24-29-19)28-10-12-5-3-2-4-6-12/h2-9H,10H2,1H3,(H,22,23,24,26). The fraction of sp³-hybridized carbons (Fsp3) is 0.100. The molecule has 1 amide bonds. The molecule has 4 aromatic rings. The maximum atomic E-state index is 12.5. The first-order chi connectivity index (χ1) is 14.0. The molecule has 2 aromatic carbocycles. The highest BCUT2D eigenvalue weighted by molar-refractivity contribution is 7.98. The third-order valence-corrected chi connectivity index (χ3v) is 6.14. The summed E-state index contributed by atoms with van der Waals surface area (Å²) in [5.74, 6) is 0.0668. The van der Waals surface area contributed by atoms with Gasteiger partial charge in [-0.2, -0.15) is 9.36 Å². The van der Waals surface area contributed by atoms with Crippen LogP contribution in [0.1, 0.15) is 21.7 Å². The zero-order chi connectivity index (χ0) is 20.4. The molecule has 1 N–H and O–H groups in total. The molecule has 9 heteroatoms. The van der Waals surface area contributed by atoms with E-state index in [0.29, 0.717) is 26.3 Å². The SMILES string of the molecule is Cc1cc2oc(C(=O)Nc3nc(SCc4ccccc4)ns3)cc(=O)c2cc1Cl. The van der Waals surface area contributed by atoms with Crippen LogP contribution >= 0.6 is 34.9 Å². The fourth-order valence-corrected chi connectivity index (χ4v) is 4.25. The smallest absolute Gasteiger partial charge is 0.293 e. The number of halogens is 1. The second-order valence-corrected chi connectivity index (χ2v) is 8.28. The predicted molar refractivity (Wildman–Crippen MR) is 116 cm³/mol. The highest BCUT2D eigenvalue weighted by Crippen LogP contribution is 2.25. The van der Waals surface area contributed by atoms with Gasteiger partial charge in [0.1, 0.15) is 5.58 Å². The number of anilines is 1. The molecule has 0 atom stereocenters. The largest absolute Gasteiger partial charge is 0.451 e. The van der Waals surface area contributed by atoms with Gasteiger partial charge in [-0.15, -0.1) is 0 Å². The average Bonchev–Trinajstić information content (AvgIpc) is 3.16. The van der Waals surface area contributed by atoms with E-state index in [-0.39, 0.29) is 11.2 Å². The lowest BCUT2D eigenvalue weighted by Gasteiger charge is -2.04. The zero-order valence-electron chi connectivity index (χ0n) is 15.1. The maximum Gasteiger partial charge on any atom is 0.293 e. The van der Waals surface area contributed by atoms with E-state index in [1.54, 1.807) is 19.1 Å². The summed E-state index contributed by atoms with van der Waals surface area (Å²) >= 11 is 8.60. The van der Waals surface area contributed by atoms with E-state index >= 15 is 0 Å². The molecule has 0 bridgehead atoms. The molecule has 2 heterocycles. The van der Waals surface area contributed by atoms with Crippen molar-refractivity contribution in [2.45, 2.75) is 17.8 Å². The minimum absolute atomic E-state index is 0.0992. The molecule has 2 aromatic heterocycles. The summed E-state index contributed by atoms with van der Waals surface area (Å²) in [5, 5.41) is 4.33. The lowest BCUT2D eigenvalue weighted by Crippen LogP contribution is -2.15. The first-order valence-corrected chi connectivity index (χ1v) is 10.7. The van der Waals surface area contributed by atoms with Gasteiger partial charge in [-0.05, 0) is 30.2 Å². The van der Waals surface area contributed by atoms with Crippen LogP contribution in [0.4, 0.5) is 5.13 Å². The van der Waals surface area contributed by atoms with Crippen LogP contribution in [0.15, 0.2) is 62.9 Å². The average molecular weight is 444 g/mol. The van der Waals surface area contributed by atoms with Crippen LogP contribution in [0.5, 0.6) is 0 Å². The molecule has 0 unspecified atom stereocenters. The van der Waals surface area contributed by atoms with Crippen LogP contribution in [-0.2, 0) is 5.75 Å². The van der Waals surface area contributed by atoms with Gasteiger partial charge in [0, 0.05) is 28.4 Å². The Labute approximate surface area is 179 Å². The molecule has 0 saturated carbocycles. The van der Waals surface area contributed by atoms with Crippen molar-refractivity contribution in [3.8, 4) is 0 Å². The second kappa shape index (κ2) is 8.36. The molecule has 0 aliphatic heterocycles. The third-order valence-electron chi connectivity index (χ3n) is 4.07. The highest BCUT2D eigenvalue weighted by atomic mass is 35.5. The zero-order valence-corrected chi connectivity index (χ0v) is 17.5. The third kappa shape index (κ3) is 4.50. The predicted octanol–water partition coefficient (Wildman–Crippen LogP) is 5.15. The molecule has 0 spiro atoms. The van der Waals surface area contributed by atoms with E-state index in [0.717, 1.165) is 34.5 Å². The van der Waals surface area contributed by atoms with Gasteiger partial charge < -0.3 is 4.42 Å². The Morgan fingerprint density at radius 2 is 2.03 bits per heavy atom. The van der Waals surface area contributed by atoms with Gasteiger partial charge in [0.25, 0.3) is 5.91 Å². The van der Waals surface area contributed by atoms with Crippen LogP contribution < -0.4 is 10.7 Å². The van der Waals surface area contributed by atoms with E-state index < -0.39 is 5.91 Å². The van der Waals surface area contributed by atoms with E-state index in [1.165, 1.54) is 11.8 Å². The van der Waals surface area contributed by atoms with Crippen molar-refractivity contribution < 1.29 is 9.21 Å². The van der Waals surface area contributed by atoms with Gasteiger partial charge in [0.15, 0.2) is 11.2 Å². The van der Waals surface area contributed by atoms with E-state index in [4.69, 9.17) is 16.0 Å². The number of hydrogen-bond acceptors (Lipinski definition) is 7. The molecule has 0 fully saturated rings. The Kier molecular flexibility index (Phi) is 5.66. The van der Waals surface area contributed by atoms with Gasteiger partial charge >= 0.3 is 0 Å². The van der Waals surface area contributed by atoms with Crippen LogP contribution in [-0.4, -0.2) is 15.3 Å². The molecule has 0 aliphatic rings. The number of hydrogen-bond donors (Lipinski definition) is 1. The van der Waals surface area contributed by atoms with Gasteiger partial charge in [0.05, 0.1) is 5.39 Å². The van der Waals surface area contributed by atoms with Gasteiger partial charge in [-0.3, -0.25) is 14.9 Å². The van der Waals surface area contributed by atoms with E-state index in [2.05, 4.69) is 14.7 Å².